The van der Waals surface area contributed by atoms with E-state index in [1.165, 1.54) is 0 Å². The van der Waals surface area contributed by atoms with Crippen LogP contribution in [-0.4, -0.2) is 10.7 Å². The van der Waals surface area contributed by atoms with Gasteiger partial charge in [-0.15, -0.1) is 12.4 Å². The van der Waals surface area contributed by atoms with Crippen LogP contribution in [0.15, 0.2) is 0 Å². The van der Waals surface area contributed by atoms with Gasteiger partial charge in [-0.25, -0.2) is 0 Å². The average Bonchev–Trinajstić information content (AvgIpc) is 1.38. The fraction of sp³-hybridized carbons (Fsp3) is 1.00. The Morgan fingerprint density at radius 3 is 1.83 bits per heavy atom. The molecule has 0 spiro atoms. The predicted octanol–water partition coefficient (Wildman–Crippen LogP) is 0.947. The molecular weight excluding hydrogens is 288 g/mol. The first kappa shape index (κ1) is 10.2. The van der Waals surface area contributed by atoms with Crippen LogP contribution in [0.5, 0.6) is 0 Å². The molecule has 6 heavy (non-hydrogen) atoms. The minimum atomic E-state index is 0. The first-order valence-corrected chi connectivity index (χ1v) is 4.80. The normalized spacial score (nSPS) is 12.7. The van der Waals surface area contributed by atoms with Crippen LogP contribution in [0.3, 0.4) is 0 Å². The summed E-state index contributed by atoms with van der Waals surface area (Å²) in [4.78, 5) is 0. The Morgan fingerprint density at radius 1 is 1.67 bits per heavy atom. The first-order chi connectivity index (χ1) is 2.27. The molecule has 0 bridgehead atoms. The smallest absolute Gasteiger partial charge is 0.147 e. The quantitative estimate of drug-likeness (QED) is 0.655. The van der Waals surface area contributed by atoms with E-state index in [4.69, 9.17) is 4.74 Å². The zero-order chi connectivity index (χ0) is 4.28. The Kier molecular flexibility index (Phi) is 10.5. The molecule has 0 rings (SSSR count). The fourth-order valence-corrected chi connectivity index (χ4v) is 0. The second-order valence-electron chi connectivity index (χ2n) is 1.05. The van der Waals surface area contributed by atoms with Crippen LogP contribution in [0, 0.1) is 0 Å². The molecule has 1 unspecified atom stereocenters. The van der Waals surface area contributed by atoms with Gasteiger partial charge in [-0.3, -0.25) is 0 Å². The van der Waals surface area contributed by atoms with Crippen LogP contribution in [0.4, 0.5) is 0 Å². The summed E-state index contributed by atoms with van der Waals surface area (Å²) in [7, 11) is 1.75. The van der Waals surface area contributed by atoms with Gasteiger partial charge in [-0.1, -0.05) is 0 Å². The third-order valence-electron chi connectivity index (χ3n) is 0.402. The van der Waals surface area contributed by atoms with E-state index in [0.29, 0.717) is 3.61 Å². The minimum Gasteiger partial charge on any atom is -0.147 e. The molecule has 0 saturated carbocycles. The van der Waals surface area contributed by atoms with Crippen molar-refractivity contribution in [1.82, 2.24) is 0 Å². The standard InChI is InChI=1S/C3H7O.ClH.Hg/c1-3-4-2;;/h3H,1-2H3;1H;. The van der Waals surface area contributed by atoms with Crippen LogP contribution in [0.1, 0.15) is 6.92 Å². The first-order valence-electron chi connectivity index (χ1n) is 1.63. The van der Waals surface area contributed by atoms with Crippen LogP contribution >= 0.6 is 12.4 Å². The van der Waals surface area contributed by atoms with Crippen molar-refractivity contribution in [3.8, 4) is 0 Å². The van der Waals surface area contributed by atoms with Crippen LogP contribution < -0.4 is 0 Å². The maximum Gasteiger partial charge on any atom is -0.147 e. The second-order valence-corrected chi connectivity index (χ2v) is 5.52. The summed E-state index contributed by atoms with van der Waals surface area (Å²) in [5, 5.41) is 0. The Morgan fingerprint density at radius 2 is 1.83 bits per heavy atom. The van der Waals surface area contributed by atoms with Crippen LogP contribution in [0.25, 0.3) is 0 Å². The molecule has 0 aliphatic rings. The zero-order valence-electron chi connectivity index (χ0n) is 4.10. The largest absolute Gasteiger partial charge is 0.147 e. The van der Waals surface area contributed by atoms with Gasteiger partial charge in [0, 0.05) is 0 Å². The molecule has 0 amide bonds. The van der Waals surface area contributed by atoms with E-state index < -0.39 is 0 Å². The minimum absolute atomic E-state index is 0. The predicted molar refractivity (Wildman–Crippen MR) is 23.7 cm³/mol. The zero-order valence-corrected chi connectivity index (χ0v) is 10.4. The molecule has 3 heteroatoms. The number of rotatable bonds is 1. The number of ether oxygens (including phenoxy) is 1. The van der Waals surface area contributed by atoms with Gasteiger partial charge in [0.2, 0.25) is 0 Å². The Hall–Kier alpha value is 1.19. The average molecular weight is 296 g/mol. The van der Waals surface area contributed by atoms with Gasteiger partial charge in [-0.05, 0) is 0 Å². The van der Waals surface area contributed by atoms with Crippen molar-refractivity contribution in [2.75, 3.05) is 7.11 Å². The Balaban J connectivity index is 0. The summed E-state index contributed by atoms with van der Waals surface area (Å²) in [6.45, 7) is 2.09. The number of halogens is 1. The van der Waals surface area contributed by atoms with E-state index in [2.05, 4.69) is 6.92 Å². The third kappa shape index (κ3) is 8.95. The fourth-order valence-electron chi connectivity index (χ4n) is 0. The molecule has 1 nitrogen and oxygen atoms in total. The maximum atomic E-state index is 4.84. The molecule has 35 valence electrons. The molecule has 0 fully saturated rings. The maximum absolute atomic E-state index is 4.84. The van der Waals surface area contributed by atoms with E-state index in [9.17, 15) is 0 Å². The summed E-state index contributed by atoms with van der Waals surface area (Å²) in [6.07, 6.45) is 0. The number of hydrogen-bond acceptors (Lipinski definition) is 1. The number of methoxy groups -OCH3 is 1. The van der Waals surface area contributed by atoms with Crippen molar-refractivity contribution in [2.45, 2.75) is 10.5 Å². The molecule has 0 aromatic carbocycles. The van der Waals surface area contributed by atoms with E-state index >= 15 is 0 Å². The molecule has 1 atom stereocenters. The van der Waals surface area contributed by atoms with Gasteiger partial charge in [0.25, 0.3) is 0 Å². The van der Waals surface area contributed by atoms with Gasteiger partial charge >= 0.3 is 48.5 Å². The molecule has 0 saturated heterocycles. The summed E-state index contributed by atoms with van der Waals surface area (Å²) >= 11 is 0.806. The molecule has 0 radical (unpaired) electrons. The van der Waals surface area contributed by atoms with Crippen molar-refractivity contribution in [3.63, 3.8) is 0 Å². The molecule has 0 aliphatic heterocycles. The molecular formula is C3H8ClHgO. The van der Waals surface area contributed by atoms with Gasteiger partial charge in [0.1, 0.15) is 0 Å². The Labute approximate surface area is 60.8 Å². The van der Waals surface area contributed by atoms with E-state index in [0.717, 1.165) is 26.1 Å². The molecule has 0 aromatic rings. The monoisotopic (exact) mass is 297 g/mol. The van der Waals surface area contributed by atoms with E-state index in [1.54, 1.807) is 7.11 Å². The van der Waals surface area contributed by atoms with Crippen molar-refractivity contribution in [2.24, 2.45) is 0 Å². The van der Waals surface area contributed by atoms with Crippen molar-refractivity contribution < 1.29 is 30.9 Å². The van der Waals surface area contributed by atoms with Gasteiger partial charge < -0.3 is 0 Å². The van der Waals surface area contributed by atoms with Gasteiger partial charge in [0.05, 0.1) is 0 Å². The van der Waals surface area contributed by atoms with Crippen LogP contribution in [-0.2, 0) is 30.9 Å². The van der Waals surface area contributed by atoms with E-state index in [-0.39, 0.29) is 12.4 Å². The SMILES string of the molecule is CO[CH](C)[Hg].Cl. The van der Waals surface area contributed by atoms with Crippen LogP contribution in [0.2, 0.25) is 0 Å². The van der Waals surface area contributed by atoms with Crippen molar-refractivity contribution in [1.29, 1.82) is 0 Å². The second kappa shape index (κ2) is 6.19. The molecule has 0 aliphatic carbocycles. The number of hydrogen-bond donors (Lipinski definition) is 0. The molecule has 0 heterocycles. The topological polar surface area (TPSA) is 9.23 Å². The van der Waals surface area contributed by atoms with Gasteiger partial charge in [0.15, 0.2) is 0 Å². The van der Waals surface area contributed by atoms with Crippen molar-refractivity contribution in [3.05, 3.63) is 0 Å². The Bertz CT molecular complexity index is 24.8. The summed E-state index contributed by atoms with van der Waals surface area (Å²) < 4.78 is 5.42. The van der Waals surface area contributed by atoms with Gasteiger partial charge in [-0.2, -0.15) is 0 Å². The third-order valence-corrected chi connectivity index (χ3v) is 1.70. The summed E-state index contributed by atoms with van der Waals surface area (Å²) in [5.41, 5.74) is 0. The van der Waals surface area contributed by atoms with E-state index in [1.807, 2.05) is 0 Å². The molecule has 0 N–H and O–H groups in total. The molecule has 0 aromatic heterocycles. The summed E-state index contributed by atoms with van der Waals surface area (Å²) in [6, 6.07) is 0. The summed E-state index contributed by atoms with van der Waals surface area (Å²) in [5.74, 6) is 0. The van der Waals surface area contributed by atoms with Crippen molar-refractivity contribution >= 4 is 12.4 Å².